The zero-order chi connectivity index (χ0) is 26.9. The largest absolute Gasteiger partial charge is 0.449 e. The van der Waals surface area contributed by atoms with E-state index in [-0.39, 0.29) is 11.5 Å². The molecule has 0 spiro atoms. The van der Waals surface area contributed by atoms with E-state index in [4.69, 9.17) is 9.84 Å². The number of anilines is 3. The Labute approximate surface area is 224 Å². The second kappa shape index (κ2) is 10.8. The van der Waals surface area contributed by atoms with Crippen LogP contribution in [0, 0.1) is 23.7 Å². The number of carbonyl (C=O) groups excluding carboxylic acids is 1. The SMILES string of the molecule is Cc1nn(C2CC3CCC(C2)N3C)cc1Nc1ncc(C#N)c(NCCCN2CCC(C)(C)COC2=O)n1. The Kier molecular flexibility index (Phi) is 7.43. The minimum Gasteiger partial charge on any atom is -0.449 e. The van der Waals surface area contributed by atoms with Gasteiger partial charge in [0.25, 0.3) is 0 Å². The summed E-state index contributed by atoms with van der Waals surface area (Å²) >= 11 is 0. The summed E-state index contributed by atoms with van der Waals surface area (Å²) in [6, 6.07) is 3.86. The van der Waals surface area contributed by atoms with Crippen molar-refractivity contribution in [1.29, 1.82) is 5.26 Å². The highest BCUT2D eigenvalue weighted by Gasteiger charge is 2.39. The summed E-state index contributed by atoms with van der Waals surface area (Å²) in [7, 11) is 2.25. The molecule has 2 unspecified atom stereocenters. The number of amides is 1. The van der Waals surface area contributed by atoms with Gasteiger partial charge in [0.15, 0.2) is 0 Å². The van der Waals surface area contributed by atoms with Crippen LogP contribution in [0.5, 0.6) is 0 Å². The number of nitriles is 1. The van der Waals surface area contributed by atoms with Crippen LogP contribution in [0.2, 0.25) is 0 Å². The molecule has 3 aliphatic rings. The monoisotopic (exact) mass is 521 g/mol. The Balaban J connectivity index is 1.19. The van der Waals surface area contributed by atoms with Gasteiger partial charge < -0.3 is 25.2 Å². The van der Waals surface area contributed by atoms with Gasteiger partial charge in [-0.05, 0) is 52.5 Å². The van der Waals surface area contributed by atoms with Crippen LogP contribution in [-0.2, 0) is 4.74 Å². The van der Waals surface area contributed by atoms with Crippen LogP contribution >= 0.6 is 0 Å². The van der Waals surface area contributed by atoms with Crippen molar-refractivity contribution >= 4 is 23.5 Å². The summed E-state index contributed by atoms with van der Waals surface area (Å²) in [6.45, 7) is 8.48. The molecule has 3 saturated heterocycles. The third-order valence-electron chi connectivity index (χ3n) is 8.32. The lowest BCUT2D eigenvalue weighted by molar-refractivity contribution is 0.0938. The fourth-order valence-corrected chi connectivity index (χ4v) is 5.80. The van der Waals surface area contributed by atoms with Crippen LogP contribution in [0.25, 0.3) is 0 Å². The number of nitrogens with one attached hydrogen (secondary N) is 2. The van der Waals surface area contributed by atoms with Gasteiger partial charge in [-0.3, -0.25) is 4.68 Å². The predicted octanol–water partition coefficient (Wildman–Crippen LogP) is 4.07. The first-order valence-corrected chi connectivity index (χ1v) is 13.7. The molecule has 0 aromatic carbocycles. The van der Waals surface area contributed by atoms with Gasteiger partial charge in [0.2, 0.25) is 5.95 Å². The quantitative estimate of drug-likeness (QED) is 0.495. The first-order valence-electron chi connectivity index (χ1n) is 13.7. The van der Waals surface area contributed by atoms with E-state index in [0.29, 0.717) is 68.1 Å². The first kappa shape index (κ1) is 26.2. The van der Waals surface area contributed by atoms with Gasteiger partial charge in [-0.25, -0.2) is 9.78 Å². The molecule has 0 saturated carbocycles. The average Bonchev–Trinajstić information content (AvgIpc) is 3.28. The van der Waals surface area contributed by atoms with Crippen molar-refractivity contribution in [3.63, 3.8) is 0 Å². The van der Waals surface area contributed by atoms with E-state index in [1.807, 2.05) is 6.92 Å². The molecule has 1 amide bonds. The number of rotatable bonds is 8. The molecule has 0 radical (unpaired) electrons. The number of hydrogen-bond donors (Lipinski definition) is 2. The fraction of sp³-hybridized carbons (Fsp3) is 0.667. The summed E-state index contributed by atoms with van der Waals surface area (Å²) in [5.41, 5.74) is 2.14. The van der Waals surface area contributed by atoms with E-state index in [1.165, 1.54) is 19.0 Å². The molecular formula is C27H39N9O2. The molecule has 11 heteroatoms. The van der Waals surface area contributed by atoms with Gasteiger partial charge in [-0.15, -0.1) is 0 Å². The number of ether oxygens (including phenoxy) is 1. The van der Waals surface area contributed by atoms with Gasteiger partial charge in [-0.1, -0.05) is 13.8 Å². The molecule has 5 rings (SSSR count). The Morgan fingerprint density at radius 2 is 2.00 bits per heavy atom. The zero-order valence-electron chi connectivity index (χ0n) is 22.9. The molecule has 3 aliphatic heterocycles. The van der Waals surface area contributed by atoms with Crippen LogP contribution in [0.1, 0.15) is 69.7 Å². The molecule has 2 aromatic heterocycles. The van der Waals surface area contributed by atoms with E-state index in [1.54, 1.807) is 4.90 Å². The van der Waals surface area contributed by atoms with Crippen molar-refractivity contribution in [2.24, 2.45) is 5.41 Å². The molecule has 2 bridgehead atoms. The minimum absolute atomic E-state index is 0.00364. The highest BCUT2D eigenvalue weighted by molar-refractivity contribution is 5.68. The number of fused-ring (bicyclic) bond motifs is 2. The van der Waals surface area contributed by atoms with E-state index in [2.05, 4.69) is 63.3 Å². The van der Waals surface area contributed by atoms with E-state index in [0.717, 1.165) is 30.6 Å². The highest BCUT2D eigenvalue weighted by Crippen LogP contribution is 2.40. The third-order valence-corrected chi connectivity index (χ3v) is 8.32. The van der Waals surface area contributed by atoms with Gasteiger partial charge in [-0.2, -0.15) is 15.3 Å². The second-order valence-corrected chi connectivity index (χ2v) is 11.7. The maximum atomic E-state index is 12.3. The number of nitrogens with zero attached hydrogens (tertiary/aromatic N) is 7. The van der Waals surface area contributed by atoms with Crippen molar-refractivity contribution < 1.29 is 9.53 Å². The normalized spacial score (nSPS) is 25.0. The number of aryl methyl sites for hydroxylation is 1. The lowest BCUT2D eigenvalue weighted by Gasteiger charge is -2.36. The molecule has 11 nitrogen and oxygen atoms in total. The Morgan fingerprint density at radius 3 is 2.74 bits per heavy atom. The minimum atomic E-state index is -0.259. The number of piperidine rings is 1. The zero-order valence-corrected chi connectivity index (χ0v) is 22.9. The van der Waals surface area contributed by atoms with Crippen molar-refractivity contribution in [3.8, 4) is 6.07 Å². The first-order chi connectivity index (χ1) is 18.2. The van der Waals surface area contributed by atoms with Gasteiger partial charge in [0.1, 0.15) is 17.5 Å². The van der Waals surface area contributed by atoms with Gasteiger partial charge >= 0.3 is 6.09 Å². The molecule has 0 aliphatic carbocycles. The average molecular weight is 522 g/mol. The lowest BCUT2D eigenvalue weighted by atomic mass is 9.91. The Hall–Kier alpha value is -3.39. The summed E-state index contributed by atoms with van der Waals surface area (Å²) in [5, 5.41) is 20.9. The van der Waals surface area contributed by atoms with Crippen LogP contribution in [0.3, 0.4) is 0 Å². The molecule has 2 aromatic rings. The molecule has 204 valence electrons. The number of hydrogen-bond acceptors (Lipinski definition) is 9. The standard InChI is InChI=1S/C27H39N9O2/c1-18-23(16-36(33-18)22-12-20-6-7-21(13-22)34(20)4)31-25-30-15-19(14-28)24(32-25)29-9-5-10-35-11-8-27(2,3)17-38-26(35)37/h15-16,20-22H,5-13,17H2,1-4H3,(H2,29,30,31,32). The second-order valence-electron chi connectivity index (χ2n) is 11.7. The van der Waals surface area contributed by atoms with Crippen LogP contribution in [-0.4, -0.2) is 81.0 Å². The fourth-order valence-electron chi connectivity index (χ4n) is 5.80. The van der Waals surface area contributed by atoms with Crippen LogP contribution in [0.4, 0.5) is 22.2 Å². The van der Waals surface area contributed by atoms with Crippen LogP contribution in [0.15, 0.2) is 12.4 Å². The number of carbonyl (C=O) groups is 1. The van der Waals surface area contributed by atoms with Crippen molar-refractivity contribution in [2.75, 3.05) is 43.9 Å². The molecular weight excluding hydrogens is 482 g/mol. The number of cyclic esters (lactones) is 1. The Morgan fingerprint density at radius 1 is 1.24 bits per heavy atom. The van der Waals surface area contributed by atoms with Crippen molar-refractivity contribution in [3.05, 3.63) is 23.7 Å². The predicted molar refractivity (Wildman–Crippen MR) is 144 cm³/mol. The van der Waals surface area contributed by atoms with Crippen LogP contribution < -0.4 is 10.6 Å². The lowest BCUT2D eigenvalue weighted by Crippen LogP contribution is -2.40. The maximum Gasteiger partial charge on any atom is 0.409 e. The van der Waals surface area contributed by atoms with Crippen molar-refractivity contribution in [2.45, 2.75) is 77.4 Å². The van der Waals surface area contributed by atoms with Gasteiger partial charge in [0.05, 0.1) is 30.2 Å². The van der Waals surface area contributed by atoms with E-state index >= 15 is 0 Å². The number of aromatic nitrogens is 4. The summed E-state index contributed by atoms with van der Waals surface area (Å²) in [4.78, 5) is 25.5. The highest BCUT2D eigenvalue weighted by atomic mass is 16.6. The summed E-state index contributed by atoms with van der Waals surface area (Å²) in [5.74, 6) is 0.887. The topological polar surface area (TPSA) is 124 Å². The van der Waals surface area contributed by atoms with Crippen molar-refractivity contribution in [1.82, 2.24) is 29.5 Å². The molecule has 2 N–H and O–H groups in total. The van der Waals surface area contributed by atoms with E-state index < -0.39 is 0 Å². The summed E-state index contributed by atoms with van der Waals surface area (Å²) < 4.78 is 7.51. The molecule has 38 heavy (non-hydrogen) atoms. The Bertz CT molecular complexity index is 1190. The third kappa shape index (κ3) is 5.70. The van der Waals surface area contributed by atoms with E-state index in [9.17, 15) is 10.1 Å². The molecule has 2 atom stereocenters. The summed E-state index contributed by atoms with van der Waals surface area (Å²) in [6.07, 6.45) is 9.74. The maximum absolute atomic E-state index is 12.3. The van der Waals surface area contributed by atoms with Gasteiger partial charge in [0, 0.05) is 43.3 Å². The molecule has 3 fully saturated rings. The molecule has 5 heterocycles. The smallest absolute Gasteiger partial charge is 0.409 e.